The molecular weight excluding hydrogens is 452 g/mol. The van der Waals surface area contributed by atoms with E-state index in [1.165, 1.54) is 69.7 Å². The molecule has 6 rings (SSSR count). The average molecular weight is 489 g/mol. The molecule has 4 aromatic carbocycles. The number of aliphatic hydroxyl groups excluding tert-OH is 1. The summed E-state index contributed by atoms with van der Waals surface area (Å²) < 4.78 is 2.38. The minimum Gasteiger partial charge on any atom is -0.390 e. The maximum Gasteiger partial charge on any atom is 0.0843 e. The first-order chi connectivity index (χ1) is 18.2. The van der Waals surface area contributed by atoms with Crippen molar-refractivity contribution in [2.75, 3.05) is 6.54 Å². The molecule has 1 aliphatic rings. The molecule has 37 heavy (non-hydrogen) atoms. The Hall–Kier alpha value is -3.40. The normalized spacial score (nSPS) is 18.9. The number of aromatic nitrogens is 1. The molecular formula is C34H36N2O. The quantitative estimate of drug-likeness (QED) is 0.247. The van der Waals surface area contributed by atoms with Crippen molar-refractivity contribution in [3.05, 3.63) is 97.1 Å². The lowest BCUT2D eigenvalue weighted by Gasteiger charge is -2.30. The molecule has 0 radical (unpaired) electrons. The summed E-state index contributed by atoms with van der Waals surface area (Å²) in [6, 6.07) is 34.9. The van der Waals surface area contributed by atoms with Gasteiger partial charge in [-0.1, -0.05) is 117 Å². The van der Waals surface area contributed by atoms with E-state index in [1.807, 2.05) is 0 Å². The molecule has 3 nitrogen and oxygen atoms in total. The van der Waals surface area contributed by atoms with Crippen LogP contribution in [0.5, 0.6) is 0 Å². The lowest BCUT2D eigenvalue weighted by atomic mass is 9.86. The van der Waals surface area contributed by atoms with E-state index in [0.717, 1.165) is 0 Å². The molecule has 0 amide bonds. The largest absolute Gasteiger partial charge is 0.390 e. The second-order valence-electron chi connectivity index (χ2n) is 10.7. The van der Waals surface area contributed by atoms with Crippen molar-refractivity contribution in [1.29, 1.82) is 0 Å². The third-order valence-corrected chi connectivity index (χ3v) is 8.18. The molecule has 1 saturated carbocycles. The van der Waals surface area contributed by atoms with Gasteiger partial charge >= 0.3 is 0 Å². The highest BCUT2D eigenvalue weighted by atomic mass is 16.3. The van der Waals surface area contributed by atoms with E-state index in [2.05, 4.69) is 114 Å². The minimum absolute atomic E-state index is 0.491. The van der Waals surface area contributed by atoms with Crippen molar-refractivity contribution < 1.29 is 5.11 Å². The Bertz CT molecular complexity index is 1490. The van der Waals surface area contributed by atoms with Crippen molar-refractivity contribution >= 4 is 21.7 Å². The maximum absolute atomic E-state index is 11.4. The van der Waals surface area contributed by atoms with Gasteiger partial charge in [0.1, 0.15) is 0 Å². The number of rotatable bonds is 7. The summed E-state index contributed by atoms with van der Waals surface area (Å²) in [5, 5.41) is 18.8. The van der Waals surface area contributed by atoms with Crippen LogP contribution < -0.4 is 5.32 Å². The van der Waals surface area contributed by atoms with Crippen LogP contribution in [0.2, 0.25) is 0 Å². The zero-order valence-electron chi connectivity index (χ0n) is 21.6. The highest BCUT2D eigenvalue weighted by Gasteiger charge is 2.25. The fourth-order valence-corrected chi connectivity index (χ4v) is 6.28. The first-order valence-corrected chi connectivity index (χ1v) is 13.8. The van der Waals surface area contributed by atoms with Crippen LogP contribution in [0, 0.1) is 5.92 Å². The zero-order chi connectivity index (χ0) is 25.2. The topological polar surface area (TPSA) is 37.2 Å². The fraction of sp³-hybridized carbons (Fsp3) is 0.294. The van der Waals surface area contributed by atoms with Crippen LogP contribution in [0.4, 0.5) is 0 Å². The fourth-order valence-electron chi connectivity index (χ4n) is 6.28. The van der Waals surface area contributed by atoms with Gasteiger partial charge in [0.25, 0.3) is 0 Å². The van der Waals surface area contributed by atoms with Crippen LogP contribution in [-0.2, 0) is 6.54 Å². The Balaban J connectivity index is 1.51. The number of nitrogens with one attached hydrogen (secondary N) is 1. The first kappa shape index (κ1) is 24.0. The summed E-state index contributed by atoms with van der Waals surface area (Å²) in [7, 11) is 0. The molecule has 0 saturated heterocycles. The van der Waals surface area contributed by atoms with E-state index >= 15 is 0 Å². The molecule has 2 N–H and O–H groups in total. The Morgan fingerprint density at radius 2 is 1.46 bits per heavy atom. The van der Waals surface area contributed by atoms with E-state index in [1.54, 1.807) is 0 Å². The van der Waals surface area contributed by atoms with Crippen LogP contribution in [0.1, 0.15) is 32.6 Å². The number of hydrogen-bond donors (Lipinski definition) is 2. The predicted octanol–water partition coefficient (Wildman–Crippen LogP) is 7.66. The Kier molecular flexibility index (Phi) is 6.82. The Morgan fingerprint density at radius 1 is 0.784 bits per heavy atom. The molecule has 0 aliphatic heterocycles. The maximum atomic E-state index is 11.4. The molecule has 1 aliphatic carbocycles. The molecule has 0 unspecified atom stereocenters. The van der Waals surface area contributed by atoms with E-state index in [9.17, 15) is 5.11 Å². The average Bonchev–Trinajstić information content (AvgIpc) is 3.28. The van der Waals surface area contributed by atoms with E-state index in [-0.39, 0.29) is 0 Å². The molecule has 3 atom stereocenters. The van der Waals surface area contributed by atoms with Gasteiger partial charge < -0.3 is 15.0 Å². The van der Waals surface area contributed by atoms with E-state index < -0.39 is 6.10 Å². The summed E-state index contributed by atoms with van der Waals surface area (Å²) in [5.41, 5.74) is 5.96. The molecule has 5 aromatic rings. The minimum atomic E-state index is -0.491. The van der Waals surface area contributed by atoms with Crippen LogP contribution in [0.15, 0.2) is 97.1 Å². The SMILES string of the molecule is C[C@@H]1CCCC[C@@H]1NC[C@H](O)Cn1c(-c2ccccc2)c(-c2ccccc2)c2ccc3ccccc3c21. The van der Waals surface area contributed by atoms with Crippen molar-refractivity contribution in [3.8, 4) is 22.4 Å². The summed E-state index contributed by atoms with van der Waals surface area (Å²) in [6.45, 7) is 3.48. The number of nitrogens with zero attached hydrogens (tertiary/aromatic N) is 1. The summed E-state index contributed by atoms with van der Waals surface area (Å²) in [4.78, 5) is 0. The smallest absolute Gasteiger partial charge is 0.0843 e. The molecule has 1 heterocycles. The van der Waals surface area contributed by atoms with Gasteiger partial charge in [0.15, 0.2) is 0 Å². The van der Waals surface area contributed by atoms with Crippen LogP contribution in [-0.4, -0.2) is 28.4 Å². The van der Waals surface area contributed by atoms with Gasteiger partial charge in [-0.2, -0.15) is 0 Å². The zero-order valence-corrected chi connectivity index (χ0v) is 21.6. The lowest BCUT2D eigenvalue weighted by Crippen LogP contribution is -2.42. The standard InChI is InChI=1S/C34H36N2O/c1-24-12-8-11-19-31(24)35-22-28(37)23-36-33(27-16-6-3-7-17-27)32(26-14-4-2-5-15-26)30-21-20-25-13-9-10-18-29(25)34(30)36/h2-7,9-10,13-18,20-21,24,28,31,35,37H,8,11-12,19,22-23H2,1H3/t24-,28+,31+/m1/s1. The second-order valence-corrected chi connectivity index (χ2v) is 10.7. The van der Waals surface area contributed by atoms with Gasteiger partial charge in [-0.25, -0.2) is 0 Å². The first-order valence-electron chi connectivity index (χ1n) is 13.8. The number of benzene rings is 4. The number of fused-ring (bicyclic) bond motifs is 3. The summed E-state index contributed by atoms with van der Waals surface area (Å²) in [5.74, 6) is 0.668. The molecule has 188 valence electrons. The number of aliphatic hydroxyl groups is 1. The van der Waals surface area contributed by atoms with Crippen molar-refractivity contribution in [2.45, 2.75) is 51.3 Å². The van der Waals surface area contributed by atoms with E-state index in [4.69, 9.17) is 0 Å². The predicted molar refractivity (Wildman–Crippen MR) is 156 cm³/mol. The monoisotopic (exact) mass is 488 g/mol. The van der Waals surface area contributed by atoms with Crippen molar-refractivity contribution in [1.82, 2.24) is 9.88 Å². The second kappa shape index (κ2) is 10.5. The number of hydrogen-bond acceptors (Lipinski definition) is 2. The summed E-state index contributed by atoms with van der Waals surface area (Å²) >= 11 is 0. The van der Waals surface area contributed by atoms with Gasteiger partial charge in [0.2, 0.25) is 0 Å². The third-order valence-electron chi connectivity index (χ3n) is 8.18. The van der Waals surface area contributed by atoms with Gasteiger partial charge in [-0.05, 0) is 35.3 Å². The Labute approximate surface area is 219 Å². The van der Waals surface area contributed by atoms with E-state index in [0.29, 0.717) is 25.0 Å². The molecule has 1 aromatic heterocycles. The van der Waals surface area contributed by atoms with Crippen molar-refractivity contribution in [2.24, 2.45) is 5.92 Å². The van der Waals surface area contributed by atoms with Gasteiger partial charge in [0.05, 0.1) is 23.9 Å². The molecule has 0 bridgehead atoms. The van der Waals surface area contributed by atoms with Crippen LogP contribution in [0.3, 0.4) is 0 Å². The highest BCUT2D eigenvalue weighted by molar-refractivity contribution is 6.15. The van der Waals surface area contributed by atoms with Gasteiger partial charge in [-0.15, -0.1) is 0 Å². The third kappa shape index (κ3) is 4.70. The van der Waals surface area contributed by atoms with Crippen LogP contribution >= 0.6 is 0 Å². The molecule has 0 spiro atoms. The lowest BCUT2D eigenvalue weighted by molar-refractivity contribution is 0.140. The highest BCUT2D eigenvalue weighted by Crippen LogP contribution is 2.43. The van der Waals surface area contributed by atoms with Gasteiger partial charge in [0, 0.05) is 28.9 Å². The molecule has 1 fully saturated rings. The molecule has 3 heteroatoms. The van der Waals surface area contributed by atoms with Crippen molar-refractivity contribution in [3.63, 3.8) is 0 Å². The van der Waals surface area contributed by atoms with Gasteiger partial charge in [-0.3, -0.25) is 0 Å². The van der Waals surface area contributed by atoms with Crippen LogP contribution in [0.25, 0.3) is 44.1 Å². The Morgan fingerprint density at radius 3 is 2.22 bits per heavy atom. The summed E-state index contributed by atoms with van der Waals surface area (Å²) in [6.07, 6.45) is 4.60.